The van der Waals surface area contributed by atoms with E-state index in [-0.39, 0.29) is 21.5 Å². The summed E-state index contributed by atoms with van der Waals surface area (Å²) in [5.41, 5.74) is 6.69. The average Bonchev–Trinajstić information content (AvgIpc) is 2.78. The summed E-state index contributed by atoms with van der Waals surface area (Å²) >= 11 is 18.3. The number of nitrogens with one attached hydrogen (secondary N) is 4. The maximum atomic E-state index is 13.1. The molecule has 1 aliphatic rings. The van der Waals surface area contributed by atoms with Crippen LogP contribution in [0.2, 0.25) is 15.1 Å². The number of rotatable bonds is 9. The van der Waals surface area contributed by atoms with Crippen LogP contribution in [0.3, 0.4) is 0 Å². The molecule has 2 aromatic carbocycles. The van der Waals surface area contributed by atoms with Gasteiger partial charge in [0.15, 0.2) is 0 Å². The molecule has 1 fully saturated rings. The molecule has 0 aromatic heterocycles. The van der Waals surface area contributed by atoms with Crippen molar-refractivity contribution in [2.75, 3.05) is 26.7 Å². The minimum atomic E-state index is -3.73. The van der Waals surface area contributed by atoms with Crippen LogP contribution in [0.1, 0.15) is 18.4 Å². The summed E-state index contributed by atoms with van der Waals surface area (Å²) in [6, 6.07) is 11.6. The predicted octanol–water partition coefficient (Wildman–Crippen LogP) is 4.27. The summed E-state index contributed by atoms with van der Waals surface area (Å²) in [5.74, 6) is 0.666. The second-order valence-corrected chi connectivity index (χ2v) is 10.8. The van der Waals surface area contributed by atoms with Crippen LogP contribution in [0, 0.1) is 11.3 Å². The van der Waals surface area contributed by atoms with Gasteiger partial charge in [0.2, 0.25) is 10.0 Å². The summed E-state index contributed by atoms with van der Waals surface area (Å²) in [6.07, 6.45) is 3.26. The Bertz CT molecular complexity index is 1140. The molecule has 1 unspecified atom stereocenters. The molecule has 3 rings (SSSR count). The predicted molar refractivity (Wildman–Crippen MR) is 135 cm³/mol. The molecular formula is C22H26Cl3N5O2S. The Morgan fingerprint density at radius 1 is 1.18 bits per heavy atom. The zero-order valence-corrected chi connectivity index (χ0v) is 21.1. The molecule has 0 saturated carbocycles. The lowest BCUT2D eigenvalue weighted by Gasteiger charge is -2.32. The average molecular weight is 531 g/mol. The van der Waals surface area contributed by atoms with E-state index in [2.05, 4.69) is 16.2 Å². The van der Waals surface area contributed by atoms with Gasteiger partial charge in [0.25, 0.3) is 0 Å². The highest BCUT2D eigenvalue weighted by Crippen LogP contribution is 2.30. The maximum Gasteiger partial charge on any atom is 0.244 e. The van der Waals surface area contributed by atoms with E-state index in [0.29, 0.717) is 41.1 Å². The molecule has 0 aliphatic carbocycles. The van der Waals surface area contributed by atoms with Crippen LogP contribution in [0.25, 0.3) is 0 Å². The molecule has 1 heterocycles. The Morgan fingerprint density at radius 3 is 2.64 bits per heavy atom. The Balaban J connectivity index is 1.68. The lowest BCUT2D eigenvalue weighted by Crippen LogP contribution is -2.44. The van der Waals surface area contributed by atoms with Crippen molar-refractivity contribution in [3.63, 3.8) is 0 Å². The zero-order valence-electron chi connectivity index (χ0n) is 18.0. The van der Waals surface area contributed by atoms with Gasteiger partial charge in [0, 0.05) is 48.4 Å². The third-order valence-electron chi connectivity index (χ3n) is 5.29. The van der Waals surface area contributed by atoms with Crippen molar-refractivity contribution in [2.24, 2.45) is 5.92 Å². The molecule has 1 saturated heterocycles. The first-order chi connectivity index (χ1) is 15.7. The molecule has 0 bridgehead atoms. The molecule has 11 heteroatoms. The van der Waals surface area contributed by atoms with Gasteiger partial charge in [0.05, 0.1) is 10.7 Å². The lowest BCUT2D eigenvalue weighted by molar-refractivity contribution is 0.262. The maximum absolute atomic E-state index is 13.1. The number of hydrogen-bond acceptors (Lipinski definition) is 6. The molecule has 178 valence electrons. The van der Waals surface area contributed by atoms with Gasteiger partial charge in [-0.1, -0.05) is 53.0 Å². The van der Waals surface area contributed by atoms with Gasteiger partial charge in [-0.2, -0.15) is 4.31 Å². The Kier molecular flexibility index (Phi) is 9.03. The number of hydrazine groups is 1. The van der Waals surface area contributed by atoms with Crippen molar-refractivity contribution in [1.29, 1.82) is 5.41 Å². The summed E-state index contributed by atoms with van der Waals surface area (Å²) in [5, 5.41) is 12.6. The number of benzene rings is 2. The van der Waals surface area contributed by atoms with Gasteiger partial charge in [-0.25, -0.2) is 13.8 Å². The van der Waals surface area contributed by atoms with E-state index < -0.39 is 10.0 Å². The van der Waals surface area contributed by atoms with Crippen molar-refractivity contribution in [3.05, 3.63) is 75.0 Å². The van der Waals surface area contributed by atoms with E-state index in [9.17, 15) is 8.42 Å². The molecule has 1 aliphatic heterocycles. The standard InChI is InChI=1S/C22H26Cl3N5O2S/c1-27-29-22(12-20(26)17-6-2-3-7-18(17)24)28-13-15-5-4-10-30(14-15)33(31,32)21-9-8-16(23)11-19(21)25/h2-3,6-9,11-12,15,26-29H,4-5,10,13-14H2,1H3/b22-12-,26-20?. The van der Waals surface area contributed by atoms with E-state index in [4.69, 9.17) is 40.2 Å². The van der Waals surface area contributed by atoms with E-state index in [0.717, 1.165) is 12.8 Å². The minimum Gasteiger partial charge on any atom is -0.370 e. The Labute approximate surface area is 209 Å². The highest BCUT2D eigenvalue weighted by atomic mass is 35.5. The quantitative estimate of drug-likeness (QED) is 0.287. The van der Waals surface area contributed by atoms with Crippen LogP contribution in [0.4, 0.5) is 0 Å². The first-order valence-corrected chi connectivity index (χ1v) is 13.0. The summed E-state index contributed by atoms with van der Waals surface area (Å²) in [6.45, 7) is 1.33. The number of sulfonamides is 1. The van der Waals surface area contributed by atoms with Gasteiger partial charge in [-0.05, 0) is 43.0 Å². The molecule has 1 atom stereocenters. The highest BCUT2D eigenvalue weighted by molar-refractivity contribution is 7.89. The Morgan fingerprint density at radius 2 is 1.94 bits per heavy atom. The van der Waals surface area contributed by atoms with Crippen molar-refractivity contribution in [2.45, 2.75) is 17.7 Å². The fourth-order valence-corrected chi connectivity index (χ4v) is 6.20. The van der Waals surface area contributed by atoms with Crippen LogP contribution >= 0.6 is 34.8 Å². The molecule has 0 amide bonds. The van der Waals surface area contributed by atoms with Gasteiger partial charge < -0.3 is 16.2 Å². The minimum absolute atomic E-state index is 0.0628. The van der Waals surface area contributed by atoms with E-state index in [1.54, 1.807) is 25.3 Å². The van der Waals surface area contributed by atoms with Crippen molar-refractivity contribution in [3.8, 4) is 0 Å². The summed E-state index contributed by atoms with van der Waals surface area (Å²) in [4.78, 5) is 0.0628. The molecule has 0 radical (unpaired) electrons. The van der Waals surface area contributed by atoms with Crippen molar-refractivity contribution >= 4 is 50.5 Å². The third kappa shape index (κ3) is 6.62. The number of piperidine rings is 1. The van der Waals surface area contributed by atoms with Crippen molar-refractivity contribution in [1.82, 2.24) is 20.5 Å². The van der Waals surface area contributed by atoms with Crippen LogP contribution in [0.15, 0.2) is 59.3 Å². The first kappa shape index (κ1) is 25.8. The normalized spacial score (nSPS) is 17.6. The molecule has 4 N–H and O–H groups in total. The molecule has 7 nitrogen and oxygen atoms in total. The summed E-state index contributed by atoms with van der Waals surface area (Å²) in [7, 11) is -2.01. The zero-order chi connectivity index (χ0) is 24.0. The largest absolute Gasteiger partial charge is 0.370 e. The van der Waals surface area contributed by atoms with Gasteiger partial charge >= 0.3 is 0 Å². The van der Waals surface area contributed by atoms with Crippen molar-refractivity contribution < 1.29 is 8.42 Å². The lowest BCUT2D eigenvalue weighted by atomic mass is 10.00. The van der Waals surface area contributed by atoms with Crippen LogP contribution in [-0.2, 0) is 10.0 Å². The molecular weight excluding hydrogens is 505 g/mol. The summed E-state index contributed by atoms with van der Waals surface area (Å²) < 4.78 is 27.8. The number of hydrogen-bond donors (Lipinski definition) is 4. The first-order valence-electron chi connectivity index (χ1n) is 10.4. The number of halogens is 3. The van der Waals surface area contributed by atoms with E-state index >= 15 is 0 Å². The number of allylic oxidation sites excluding steroid dienone is 1. The van der Waals surface area contributed by atoms with Crippen LogP contribution < -0.4 is 16.2 Å². The Hall–Kier alpha value is -1.81. The topological polar surface area (TPSA) is 97.3 Å². The van der Waals surface area contributed by atoms with Gasteiger partial charge in [-0.15, -0.1) is 0 Å². The van der Waals surface area contributed by atoms with Crippen LogP contribution in [0.5, 0.6) is 0 Å². The van der Waals surface area contributed by atoms with Crippen LogP contribution in [-0.4, -0.2) is 45.1 Å². The second-order valence-electron chi connectivity index (χ2n) is 7.65. The highest BCUT2D eigenvalue weighted by Gasteiger charge is 2.31. The van der Waals surface area contributed by atoms with Gasteiger partial charge in [0.1, 0.15) is 10.7 Å². The molecule has 2 aromatic rings. The SMILES string of the molecule is CNN/C(=C\C(=N)c1ccccc1Cl)NCC1CCCN(S(=O)(=O)c2ccc(Cl)cc2Cl)C1. The second kappa shape index (κ2) is 11.6. The monoisotopic (exact) mass is 529 g/mol. The van der Waals surface area contributed by atoms with E-state index in [1.165, 1.54) is 22.5 Å². The fourth-order valence-electron chi connectivity index (χ4n) is 3.66. The van der Waals surface area contributed by atoms with E-state index in [1.807, 2.05) is 12.1 Å². The van der Waals surface area contributed by atoms with Gasteiger partial charge in [-0.3, -0.25) is 0 Å². The smallest absolute Gasteiger partial charge is 0.244 e. The fraction of sp³-hybridized carbons (Fsp3) is 0.318. The number of nitrogens with zero attached hydrogens (tertiary/aromatic N) is 1. The molecule has 33 heavy (non-hydrogen) atoms. The third-order valence-corrected chi connectivity index (χ3v) is 8.20. The molecule has 0 spiro atoms.